The SMILES string of the molecule is CCC(C(=O)OC)C(c1ccccc1F)N(C)C. The van der Waals surface area contributed by atoms with Gasteiger partial charge in [-0.3, -0.25) is 4.79 Å². The maximum absolute atomic E-state index is 13.9. The third-order valence-electron chi connectivity index (χ3n) is 3.11. The van der Waals surface area contributed by atoms with Crippen molar-refractivity contribution in [1.82, 2.24) is 4.90 Å². The fourth-order valence-corrected chi connectivity index (χ4v) is 2.24. The van der Waals surface area contributed by atoms with E-state index >= 15 is 0 Å². The summed E-state index contributed by atoms with van der Waals surface area (Å²) in [6.45, 7) is 1.90. The molecule has 0 N–H and O–H groups in total. The first-order chi connectivity index (χ1) is 8.52. The Hall–Kier alpha value is -1.42. The van der Waals surface area contributed by atoms with Gasteiger partial charge in [-0.25, -0.2) is 4.39 Å². The van der Waals surface area contributed by atoms with Gasteiger partial charge < -0.3 is 9.64 Å². The van der Waals surface area contributed by atoms with E-state index in [0.717, 1.165) is 0 Å². The second kappa shape index (κ2) is 6.50. The molecule has 0 radical (unpaired) electrons. The first kappa shape index (κ1) is 14.6. The van der Waals surface area contributed by atoms with Gasteiger partial charge in [0.2, 0.25) is 0 Å². The predicted molar refractivity (Wildman–Crippen MR) is 68.6 cm³/mol. The molecule has 1 aromatic carbocycles. The molecular weight excluding hydrogens is 233 g/mol. The summed E-state index contributed by atoms with van der Waals surface area (Å²) in [7, 11) is 5.03. The molecule has 0 fully saturated rings. The second-order valence-corrected chi connectivity index (χ2v) is 4.47. The van der Waals surface area contributed by atoms with Crippen LogP contribution in [0.3, 0.4) is 0 Å². The van der Waals surface area contributed by atoms with Crippen LogP contribution in [-0.2, 0) is 9.53 Å². The minimum atomic E-state index is -0.373. The van der Waals surface area contributed by atoms with Gasteiger partial charge in [0.25, 0.3) is 0 Å². The maximum Gasteiger partial charge on any atom is 0.310 e. The third kappa shape index (κ3) is 3.07. The Balaban J connectivity index is 3.17. The number of methoxy groups -OCH3 is 1. The summed E-state index contributed by atoms with van der Waals surface area (Å²) in [5.41, 5.74) is 0.528. The Kier molecular flexibility index (Phi) is 5.28. The summed E-state index contributed by atoms with van der Waals surface area (Å²) in [4.78, 5) is 13.7. The molecule has 2 atom stereocenters. The van der Waals surface area contributed by atoms with E-state index in [-0.39, 0.29) is 23.7 Å². The number of ether oxygens (including phenoxy) is 1. The summed E-state index contributed by atoms with van der Waals surface area (Å²) in [5.74, 6) is -0.972. The molecule has 0 bridgehead atoms. The molecule has 0 saturated carbocycles. The topological polar surface area (TPSA) is 29.5 Å². The number of halogens is 1. The quantitative estimate of drug-likeness (QED) is 0.755. The van der Waals surface area contributed by atoms with E-state index in [4.69, 9.17) is 4.74 Å². The standard InChI is InChI=1S/C14H20FNO2/c1-5-10(14(17)18-4)13(16(2)3)11-8-6-7-9-12(11)15/h6-10,13H,5H2,1-4H3. The number of rotatable bonds is 5. The third-order valence-corrected chi connectivity index (χ3v) is 3.11. The molecule has 0 spiro atoms. The molecule has 0 heterocycles. The normalized spacial score (nSPS) is 14.3. The molecule has 18 heavy (non-hydrogen) atoms. The fraction of sp³-hybridized carbons (Fsp3) is 0.500. The predicted octanol–water partition coefficient (Wildman–Crippen LogP) is 2.63. The number of carbonyl (C=O) groups is 1. The summed E-state index contributed by atoms with van der Waals surface area (Å²) in [6, 6.07) is 6.23. The number of hydrogen-bond acceptors (Lipinski definition) is 3. The minimum Gasteiger partial charge on any atom is -0.469 e. The lowest BCUT2D eigenvalue weighted by Gasteiger charge is -2.30. The molecule has 100 valence electrons. The number of nitrogens with zero attached hydrogens (tertiary/aromatic N) is 1. The van der Waals surface area contributed by atoms with Crippen LogP contribution in [0.1, 0.15) is 24.9 Å². The molecule has 0 amide bonds. The van der Waals surface area contributed by atoms with Crippen molar-refractivity contribution < 1.29 is 13.9 Å². The highest BCUT2D eigenvalue weighted by molar-refractivity contribution is 5.73. The zero-order chi connectivity index (χ0) is 13.7. The van der Waals surface area contributed by atoms with Crippen molar-refractivity contribution in [2.45, 2.75) is 19.4 Å². The monoisotopic (exact) mass is 253 g/mol. The summed E-state index contributed by atoms with van der Waals surface area (Å²) in [5, 5.41) is 0. The van der Waals surface area contributed by atoms with Crippen LogP contribution in [0.4, 0.5) is 4.39 Å². The minimum absolute atomic E-state index is 0.293. The van der Waals surface area contributed by atoms with Crippen molar-refractivity contribution in [1.29, 1.82) is 0 Å². The molecule has 0 aliphatic heterocycles. The highest BCUT2D eigenvalue weighted by atomic mass is 19.1. The van der Waals surface area contributed by atoms with Gasteiger partial charge in [-0.05, 0) is 26.6 Å². The first-order valence-corrected chi connectivity index (χ1v) is 6.01. The molecule has 1 aromatic rings. The van der Waals surface area contributed by atoms with Gasteiger partial charge >= 0.3 is 5.97 Å². The van der Waals surface area contributed by atoms with Crippen LogP contribution in [0.5, 0.6) is 0 Å². The van der Waals surface area contributed by atoms with Crippen molar-refractivity contribution in [3.8, 4) is 0 Å². The van der Waals surface area contributed by atoms with Crippen LogP contribution in [0.15, 0.2) is 24.3 Å². The van der Waals surface area contributed by atoms with Gasteiger partial charge in [0.05, 0.1) is 19.1 Å². The van der Waals surface area contributed by atoms with Gasteiger partial charge in [-0.1, -0.05) is 25.1 Å². The summed E-state index contributed by atoms with van der Waals surface area (Å²) < 4.78 is 18.7. The van der Waals surface area contributed by atoms with E-state index in [9.17, 15) is 9.18 Å². The average molecular weight is 253 g/mol. The molecule has 0 aliphatic carbocycles. The molecule has 2 unspecified atom stereocenters. The lowest BCUT2D eigenvalue weighted by Crippen LogP contribution is -2.33. The van der Waals surface area contributed by atoms with Gasteiger partial charge in [-0.15, -0.1) is 0 Å². The van der Waals surface area contributed by atoms with Gasteiger partial charge in [0, 0.05) is 5.56 Å². The van der Waals surface area contributed by atoms with E-state index in [1.807, 2.05) is 25.9 Å². The highest BCUT2D eigenvalue weighted by Crippen LogP contribution is 2.31. The van der Waals surface area contributed by atoms with Crippen LogP contribution in [0.25, 0.3) is 0 Å². The summed E-state index contributed by atoms with van der Waals surface area (Å²) in [6.07, 6.45) is 0.601. The number of carbonyl (C=O) groups excluding carboxylic acids is 1. The van der Waals surface area contributed by atoms with Crippen molar-refractivity contribution in [2.24, 2.45) is 5.92 Å². The molecule has 0 aliphatic rings. The zero-order valence-corrected chi connectivity index (χ0v) is 11.3. The van der Waals surface area contributed by atoms with Crippen LogP contribution in [0.2, 0.25) is 0 Å². The van der Waals surface area contributed by atoms with Gasteiger partial charge in [0.15, 0.2) is 0 Å². The smallest absolute Gasteiger partial charge is 0.310 e. The average Bonchev–Trinajstić information content (AvgIpc) is 2.35. The Morgan fingerprint density at radius 2 is 2.00 bits per heavy atom. The van der Waals surface area contributed by atoms with E-state index in [1.165, 1.54) is 13.2 Å². The largest absolute Gasteiger partial charge is 0.469 e. The molecule has 0 aromatic heterocycles. The molecule has 0 saturated heterocycles. The van der Waals surface area contributed by atoms with E-state index in [0.29, 0.717) is 12.0 Å². The summed E-state index contributed by atoms with van der Waals surface area (Å²) >= 11 is 0. The van der Waals surface area contributed by atoms with E-state index in [2.05, 4.69) is 0 Å². The lowest BCUT2D eigenvalue weighted by atomic mass is 9.89. The molecule has 4 heteroatoms. The van der Waals surface area contributed by atoms with Crippen molar-refractivity contribution in [3.63, 3.8) is 0 Å². The highest BCUT2D eigenvalue weighted by Gasteiger charge is 2.32. The van der Waals surface area contributed by atoms with Crippen LogP contribution in [-0.4, -0.2) is 32.1 Å². The van der Waals surface area contributed by atoms with Gasteiger partial charge in [0.1, 0.15) is 5.82 Å². The van der Waals surface area contributed by atoms with Crippen molar-refractivity contribution in [2.75, 3.05) is 21.2 Å². The Morgan fingerprint density at radius 3 is 2.44 bits per heavy atom. The molecular formula is C14H20FNO2. The second-order valence-electron chi connectivity index (χ2n) is 4.47. The van der Waals surface area contributed by atoms with Crippen LogP contribution in [0, 0.1) is 11.7 Å². The number of hydrogen-bond donors (Lipinski definition) is 0. The van der Waals surface area contributed by atoms with Crippen LogP contribution >= 0.6 is 0 Å². The lowest BCUT2D eigenvalue weighted by molar-refractivity contribution is -0.148. The van der Waals surface area contributed by atoms with Crippen LogP contribution < -0.4 is 0 Å². The molecule has 1 rings (SSSR count). The Morgan fingerprint density at radius 1 is 1.39 bits per heavy atom. The van der Waals surface area contributed by atoms with E-state index in [1.54, 1.807) is 18.2 Å². The van der Waals surface area contributed by atoms with E-state index < -0.39 is 0 Å². The van der Waals surface area contributed by atoms with Gasteiger partial charge in [-0.2, -0.15) is 0 Å². The maximum atomic E-state index is 13.9. The fourth-order valence-electron chi connectivity index (χ4n) is 2.24. The first-order valence-electron chi connectivity index (χ1n) is 6.01. The molecule has 3 nitrogen and oxygen atoms in total. The van der Waals surface area contributed by atoms with Crippen molar-refractivity contribution >= 4 is 5.97 Å². The number of esters is 1. The zero-order valence-electron chi connectivity index (χ0n) is 11.3. The number of benzene rings is 1. The Labute approximate surface area is 108 Å². The van der Waals surface area contributed by atoms with Crippen molar-refractivity contribution in [3.05, 3.63) is 35.6 Å². The Bertz CT molecular complexity index is 407.